The molecule has 0 bridgehead atoms. The Morgan fingerprint density at radius 2 is 2.28 bits per heavy atom. The number of rotatable bonds is 7. The second kappa shape index (κ2) is 7.31. The maximum atomic E-state index is 13.5. The zero-order valence-corrected chi connectivity index (χ0v) is 13.8. The molecule has 7 heteroatoms. The number of amides is 1. The second-order valence-corrected chi connectivity index (χ2v) is 5.54. The molecule has 0 aliphatic carbocycles. The highest BCUT2D eigenvalue weighted by Crippen LogP contribution is 2.24. The summed E-state index contributed by atoms with van der Waals surface area (Å²) in [6.07, 6.45) is 4.44. The van der Waals surface area contributed by atoms with Crippen molar-refractivity contribution in [2.45, 2.75) is 19.8 Å². The molecule has 0 aliphatic heterocycles. The summed E-state index contributed by atoms with van der Waals surface area (Å²) in [4.78, 5) is 13.9. The molecule has 0 aliphatic rings. The number of hydrogen-bond acceptors (Lipinski definition) is 4. The van der Waals surface area contributed by atoms with Crippen LogP contribution < -0.4 is 0 Å². The van der Waals surface area contributed by atoms with Crippen LogP contribution in [0.3, 0.4) is 0 Å². The maximum absolute atomic E-state index is 13.5. The topological polar surface area (TPSA) is 60.5 Å². The number of furan rings is 1. The number of ether oxygens (including phenoxy) is 1. The van der Waals surface area contributed by atoms with E-state index in [0.29, 0.717) is 17.5 Å². The van der Waals surface area contributed by atoms with Gasteiger partial charge in [-0.05, 0) is 30.3 Å². The standard InChI is InChI=1S/C18H18FN3O3/c1-3-18(23)21(10-15-6-7-20-22(15)12-24-2)9-13-11-25-17-5-4-14(19)8-16(13)17/h3-8,11H,1,9-10,12H2,2H3. The van der Waals surface area contributed by atoms with Gasteiger partial charge in [0.2, 0.25) is 5.91 Å². The predicted octanol–water partition coefficient (Wildman–Crippen LogP) is 3.09. The van der Waals surface area contributed by atoms with Crippen LogP contribution in [0.4, 0.5) is 4.39 Å². The van der Waals surface area contributed by atoms with Crippen LogP contribution in [0.1, 0.15) is 11.3 Å². The van der Waals surface area contributed by atoms with Crippen LogP contribution in [-0.2, 0) is 29.4 Å². The van der Waals surface area contributed by atoms with Gasteiger partial charge < -0.3 is 14.1 Å². The Morgan fingerprint density at radius 1 is 1.44 bits per heavy atom. The Hall–Kier alpha value is -2.93. The minimum absolute atomic E-state index is 0.240. The number of fused-ring (bicyclic) bond motifs is 1. The molecule has 0 N–H and O–H groups in total. The molecule has 25 heavy (non-hydrogen) atoms. The van der Waals surface area contributed by atoms with Crippen LogP contribution >= 0.6 is 0 Å². The summed E-state index contributed by atoms with van der Waals surface area (Å²) in [6.45, 7) is 4.42. The van der Waals surface area contributed by atoms with Gasteiger partial charge >= 0.3 is 0 Å². The van der Waals surface area contributed by atoms with Crippen molar-refractivity contribution in [1.29, 1.82) is 0 Å². The van der Waals surface area contributed by atoms with Crippen molar-refractivity contribution in [1.82, 2.24) is 14.7 Å². The summed E-state index contributed by atoms with van der Waals surface area (Å²) in [5, 5.41) is 4.81. The predicted molar refractivity (Wildman–Crippen MR) is 89.9 cm³/mol. The van der Waals surface area contributed by atoms with Gasteiger partial charge in [-0.15, -0.1) is 0 Å². The summed E-state index contributed by atoms with van der Waals surface area (Å²) in [5.74, 6) is -0.592. The number of halogens is 1. The van der Waals surface area contributed by atoms with Crippen molar-refractivity contribution in [2.24, 2.45) is 0 Å². The number of aromatic nitrogens is 2. The van der Waals surface area contributed by atoms with Gasteiger partial charge in [-0.3, -0.25) is 4.79 Å². The fourth-order valence-corrected chi connectivity index (χ4v) is 2.65. The third-order valence-corrected chi connectivity index (χ3v) is 3.87. The van der Waals surface area contributed by atoms with E-state index in [4.69, 9.17) is 9.15 Å². The van der Waals surface area contributed by atoms with Gasteiger partial charge in [0, 0.05) is 24.3 Å². The lowest BCUT2D eigenvalue weighted by molar-refractivity contribution is -0.127. The zero-order valence-electron chi connectivity index (χ0n) is 13.8. The summed E-state index contributed by atoms with van der Waals surface area (Å²) < 4.78 is 25.7. The van der Waals surface area contributed by atoms with Gasteiger partial charge in [0.15, 0.2) is 0 Å². The highest BCUT2D eigenvalue weighted by molar-refractivity contribution is 5.87. The fourth-order valence-electron chi connectivity index (χ4n) is 2.65. The molecule has 0 saturated carbocycles. The van der Waals surface area contributed by atoms with E-state index in [1.165, 1.54) is 18.2 Å². The largest absolute Gasteiger partial charge is 0.464 e. The molecule has 0 fully saturated rings. The molecule has 130 valence electrons. The van der Waals surface area contributed by atoms with E-state index in [0.717, 1.165) is 11.3 Å². The number of methoxy groups -OCH3 is 1. The van der Waals surface area contributed by atoms with Crippen LogP contribution in [-0.4, -0.2) is 27.7 Å². The van der Waals surface area contributed by atoms with Crippen molar-refractivity contribution in [3.05, 3.63) is 66.5 Å². The summed E-state index contributed by atoms with van der Waals surface area (Å²) >= 11 is 0. The van der Waals surface area contributed by atoms with E-state index >= 15 is 0 Å². The second-order valence-electron chi connectivity index (χ2n) is 5.54. The molecule has 6 nitrogen and oxygen atoms in total. The molecule has 3 aromatic rings. The SMILES string of the molecule is C=CC(=O)N(Cc1coc2ccc(F)cc12)Cc1ccnn1COC. The highest BCUT2D eigenvalue weighted by Gasteiger charge is 2.17. The monoisotopic (exact) mass is 343 g/mol. The van der Waals surface area contributed by atoms with Crippen molar-refractivity contribution < 1.29 is 18.3 Å². The molecule has 0 unspecified atom stereocenters. The van der Waals surface area contributed by atoms with Gasteiger partial charge in [-0.2, -0.15) is 5.10 Å². The normalized spacial score (nSPS) is 11.0. The molecule has 2 aromatic heterocycles. The minimum Gasteiger partial charge on any atom is -0.464 e. The molecule has 2 heterocycles. The van der Waals surface area contributed by atoms with Crippen LogP contribution in [0, 0.1) is 5.82 Å². The van der Waals surface area contributed by atoms with Crippen molar-refractivity contribution in [3.63, 3.8) is 0 Å². The van der Waals surface area contributed by atoms with E-state index in [1.54, 1.807) is 35.2 Å². The summed E-state index contributed by atoms with van der Waals surface area (Å²) in [6, 6.07) is 6.13. The number of carbonyl (C=O) groups is 1. The smallest absolute Gasteiger partial charge is 0.246 e. The Morgan fingerprint density at radius 3 is 3.04 bits per heavy atom. The first-order chi connectivity index (χ1) is 12.1. The quantitative estimate of drug-likeness (QED) is 0.619. The van der Waals surface area contributed by atoms with E-state index < -0.39 is 0 Å². The number of hydrogen-bond donors (Lipinski definition) is 0. The molecule has 0 spiro atoms. The molecule has 3 rings (SSSR count). The van der Waals surface area contributed by atoms with Crippen molar-refractivity contribution >= 4 is 16.9 Å². The molecular formula is C18H18FN3O3. The maximum Gasteiger partial charge on any atom is 0.246 e. The minimum atomic E-state index is -0.352. The van der Waals surface area contributed by atoms with Gasteiger partial charge in [-0.25, -0.2) is 9.07 Å². The van der Waals surface area contributed by atoms with Crippen molar-refractivity contribution in [3.8, 4) is 0 Å². The number of carbonyl (C=O) groups excluding carboxylic acids is 1. The first kappa shape index (κ1) is 16.9. The van der Waals surface area contributed by atoms with E-state index in [2.05, 4.69) is 11.7 Å². The average Bonchev–Trinajstić information content (AvgIpc) is 3.21. The Bertz CT molecular complexity index is 900. The van der Waals surface area contributed by atoms with Gasteiger partial charge in [0.25, 0.3) is 0 Å². The summed E-state index contributed by atoms with van der Waals surface area (Å²) in [7, 11) is 1.57. The molecule has 0 saturated heterocycles. The molecule has 0 atom stereocenters. The fraction of sp³-hybridized carbons (Fsp3) is 0.222. The van der Waals surface area contributed by atoms with Crippen LogP contribution in [0.25, 0.3) is 11.0 Å². The van der Waals surface area contributed by atoms with E-state index in [1.807, 2.05) is 6.07 Å². The Labute approximate surface area is 144 Å². The lowest BCUT2D eigenvalue weighted by Crippen LogP contribution is -2.29. The Balaban J connectivity index is 1.88. The van der Waals surface area contributed by atoms with Crippen molar-refractivity contribution in [2.75, 3.05) is 7.11 Å². The van der Waals surface area contributed by atoms with Crippen LogP contribution in [0.15, 0.2) is 53.8 Å². The highest BCUT2D eigenvalue weighted by atomic mass is 19.1. The average molecular weight is 343 g/mol. The molecule has 1 amide bonds. The third-order valence-electron chi connectivity index (χ3n) is 3.87. The van der Waals surface area contributed by atoms with Gasteiger partial charge in [0.05, 0.1) is 25.0 Å². The van der Waals surface area contributed by atoms with Gasteiger partial charge in [-0.1, -0.05) is 6.58 Å². The van der Waals surface area contributed by atoms with Crippen LogP contribution in [0.5, 0.6) is 0 Å². The van der Waals surface area contributed by atoms with E-state index in [9.17, 15) is 9.18 Å². The molecule has 1 aromatic carbocycles. The molecule has 0 radical (unpaired) electrons. The number of nitrogens with zero attached hydrogens (tertiary/aromatic N) is 3. The molecular weight excluding hydrogens is 325 g/mol. The summed E-state index contributed by atoms with van der Waals surface area (Å²) in [5.41, 5.74) is 2.12. The number of benzene rings is 1. The third kappa shape index (κ3) is 3.61. The van der Waals surface area contributed by atoms with Crippen LogP contribution in [0.2, 0.25) is 0 Å². The first-order valence-electron chi connectivity index (χ1n) is 7.69. The zero-order chi connectivity index (χ0) is 17.8. The first-order valence-corrected chi connectivity index (χ1v) is 7.69. The lowest BCUT2D eigenvalue weighted by atomic mass is 10.1. The lowest BCUT2D eigenvalue weighted by Gasteiger charge is -2.21. The Kier molecular flexibility index (Phi) is 4.95. The van der Waals surface area contributed by atoms with Gasteiger partial charge in [0.1, 0.15) is 18.1 Å². The van der Waals surface area contributed by atoms with E-state index in [-0.39, 0.29) is 25.0 Å².